The number of carbonyl (C=O) groups is 2. The molecule has 2 N–H and O–H groups in total. The molecule has 0 radical (unpaired) electrons. The average Bonchev–Trinajstić information content (AvgIpc) is 3.10. The summed E-state index contributed by atoms with van der Waals surface area (Å²) in [6, 6.07) is 16.6. The van der Waals surface area contributed by atoms with Crippen LogP contribution >= 0.6 is 0 Å². The summed E-state index contributed by atoms with van der Waals surface area (Å²) in [4.78, 5) is 25.2. The highest BCUT2D eigenvalue weighted by atomic mass is 16.4. The first-order valence-electron chi connectivity index (χ1n) is 10.3. The van der Waals surface area contributed by atoms with E-state index in [1.807, 2.05) is 61.2 Å². The van der Waals surface area contributed by atoms with E-state index in [9.17, 15) is 14.7 Å². The Labute approximate surface area is 177 Å². The van der Waals surface area contributed by atoms with E-state index in [0.717, 1.165) is 17.5 Å². The number of carboxylic acids is 1. The highest BCUT2D eigenvalue weighted by Crippen LogP contribution is 2.29. The molecule has 2 aromatic carbocycles. The molecule has 1 saturated heterocycles. The number of hydrogen-bond donors (Lipinski definition) is 2. The third-order valence-corrected chi connectivity index (χ3v) is 5.99. The number of aromatic carboxylic acids is 1. The molecule has 0 saturated carbocycles. The molecule has 1 heterocycles. The Morgan fingerprint density at radius 3 is 2.47 bits per heavy atom. The molecule has 0 spiro atoms. The van der Waals surface area contributed by atoms with E-state index >= 15 is 0 Å². The summed E-state index contributed by atoms with van der Waals surface area (Å²) >= 11 is 0. The fourth-order valence-corrected chi connectivity index (χ4v) is 3.82. The Kier molecular flexibility index (Phi) is 6.73. The molecule has 158 valence electrons. The molecular formula is C25H29NO4. The third-order valence-electron chi connectivity index (χ3n) is 5.99. The largest absolute Gasteiger partial charge is 0.478 e. The second-order valence-electron chi connectivity index (χ2n) is 8.36. The standard InChI is InChI=1S/C25H29NO4/c1-25(2,20-6-4-3-5-7-20)22(27)14-12-21-13-15-23(28)26(21)17-16-18-8-10-19(11-9-18)24(29)30/h3-12,14,21-22,27H,13,15-17H2,1-2H3,(H,29,30)/b14-12+/t21-,22?/m0/s1. The van der Waals surface area contributed by atoms with Crippen molar-refractivity contribution in [1.82, 2.24) is 4.90 Å². The number of likely N-dealkylation sites (tertiary alicyclic amines) is 1. The van der Waals surface area contributed by atoms with Crippen LogP contribution in [0.3, 0.4) is 0 Å². The summed E-state index contributed by atoms with van der Waals surface area (Å²) in [7, 11) is 0. The molecule has 1 aliphatic rings. The molecule has 30 heavy (non-hydrogen) atoms. The van der Waals surface area contributed by atoms with Gasteiger partial charge in [0.05, 0.1) is 17.7 Å². The normalized spacial score (nSPS) is 18.2. The van der Waals surface area contributed by atoms with E-state index < -0.39 is 17.5 Å². The maximum Gasteiger partial charge on any atom is 0.335 e. The summed E-state index contributed by atoms with van der Waals surface area (Å²) in [6.45, 7) is 4.59. The Bertz CT molecular complexity index is 903. The Morgan fingerprint density at radius 1 is 1.17 bits per heavy atom. The number of carbonyl (C=O) groups excluding carboxylic acids is 1. The summed E-state index contributed by atoms with van der Waals surface area (Å²) in [6.07, 6.45) is 5.00. The fourth-order valence-electron chi connectivity index (χ4n) is 3.82. The van der Waals surface area contributed by atoms with Gasteiger partial charge in [0.15, 0.2) is 0 Å². The zero-order valence-corrected chi connectivity index (χ0v) is 17.5. The van der Waals surface area contributed by atoms with E-state index in [1.54, 1.807) is 24.3 Å². The van der Waals surface area contributed by atoms with Gasteiger partial charge in [-0.25, -0.2) is 4.79 Å². The predicted molar refractivity (Wildman–Crippen MR) is 116 cm³/mol. The van der Waals surface area contributed by atoms with E-state index in [4.69, 9.17) is 5.11 Å². The molecule has 1 fully saturated rings. The van der Waals surface area contributed by atoms with Crippen LogP contribution in [0.5, 0.6) is 0 Å². The number of hydrogen-bond acceptors (Lipinski definition) is 3. The minimum atomic E-state index is -0.946. The molecule has 2 aromatic rings. The zero-order chi connectivity index (χ0) is 21.7. The monoisotopic (exact) mass is 407 g/mol. The number of nitrogens with zero attached hydrogens (tertiary/aromatic N) is 1. The van der Waals surface area contributed by atoms with Crippen molar-refractivity contribution in [2.75, 3.05) is 6.54 Å². The lowest BCUT2D eigenvalue weighted by Crippen LogP contribution is -2.35. The van der Waals surface area contributed by atoms with Gasteiger partial charge in [-0.05, 0) is 36.1 Å². The zero-order valence-electron chi connectivity index (χ0n) is 17.5. The van der Waals surface area contributed by atoms with Gasteiger partial charge in [-0.15, -0.1) is 0 Å². The molecule has 0 aliphatic carbocycles. The van der Waals surface area contributed by atoms with Gasteiger partial charge in [0.2, 0.25) is 5.91 Å². The summed E-state index contributed by atoms with van der Waals surface area (Å²) < 4.78 is 0. The molecule has 1 amide bonds. The van der Waals surface area contributed by atoms with E-state index in [-0.39, 0.29) is 17.5 Å². The van der Waals surface area contributed by atoms with Crippen molar-refractivity contribution in [3.63, 3.8) is 0 Å². The molecule has 0 bridgehead atoms. The van der Waals surface area contributed by atoms with Crippen molar-refractivity contribution in [2.24, 2.45) is 0 Å². The molecule has 1 aliphatic heterocycles. The highest BCUT2D eigenvalue weighted by molar-refractivity contribution is 5.87. The predicted octanol–water partition coefficient (Wildman–Crippen LogP) is 3.81. The number of benzene rings is 2. The lowest BCUT2D eigenvalue weighted by molar-refractivity contribution is -0.128. The van der Waals surface area contributed by atoms with E-state index in [1.165, 1.54) is 0 Å². The number of aliphatic hydroxyl groups is 1. The van der Waals surface area contributed by atoms with Crippen LogP contribution in [0.1, 0.15) is 48.2 Å². The van der Waals surface area contributed by atoms with Gasteiger partial charge in [-0.3, -0.25) is 4.79 Å². The average molecular weight is 408 g/mol. The van der Waals surface area contributed by atoms with Crippen LogP contribution in [0.4, 0.5) is 0 Å². The van der Waals surface area contributed by atoms with Crippen LogP contribution in [0.25, 0.3) is 0 Å². The molecule has 3 rings (SSSR count). The number of carboxylic acid groups (broad SMARTS) is 1. The third kappa shape index (κ3) is 4.97. The summed E-state index contributed by atoms with van der Waals surface area (Å²) in [5, 5.41) is 19.8. The van der Waals surface area contributed by atoms with Crippen molar-refractivity contribution < 1.29 is 19.8 Å². The van der Waals surface area contributed by atoms with Gasteiger partial charge in [0, 0.05) is 18.4 Å². The van der Waals surface area contributed by atoms with Crippen LogP contribution in [0.2, 0.25) is 0 Å². The second kappa shape index (κ2) is 9.26. The van der Waals surface area contributed by atoms with Gasteiger partial charge >= 0.3 is 5.97 Å². The maximum absolute atomic E-state index is 12.4. The lowest BCUT2D eigenvalue weighted by atomic mass is 9.79. The number of rotatable bonds is 8. The Morgan fingerprint density at radius 2 is 1.83 bits per heavy atom. The SMILES string of the molecule is CC(C)(c1ccccc1)C(O)/C=C/[C@H]1CCC(=O)N1CCc1ccc(C(=O)O)cc1. The van der Waals surface area contributed by atoms with Crippen LogP contribution < -0.4 is 0 Å². The number of amides is 1. The topological polar surface area (TPSA) is 77.8 Å². The van der Waals surface area contributed by atoms with Crippen molar-refractivity contribution in [2.45, 2.75) is 50.7 Å². The van der Waals surface area contributed by atoms with Crippen molar-refractivity contribution in [1.29, 1.82) is 0 Å². The molecule has 1 unspecified atom stereocenters. The molecule has 5 heteroatoms. The number of aliphatic hydroxyl groups excluding tert-OH is 1. The van der Waals surface area contributed by atoms with Crippen molar-refractivity contribution >= 4 is 11.9 Å². The lowest BCUT2D eigenvalue weighted by Gasteiger charge is -2.30. The van der Waals surface area contributed by atoms with E-state index in [0.29, 0.717) is 19.4 Å². The summed E-state index contributed by atoms with van der Waals surface area (Å²) in [5.41, 5.74) is 1.88. The smallest absolute Gasteiger partial charge is 0.335 e. The fraction of sp³-hybridized carbons (Fsp3) is 0.360. The van der Waals surface area contributed by atoms with Crippen LogP contribution in [-0.2, 0) is 16.6 Å². The van der Waals surface area contributed by atoms with E-state index in [2.05, 4.69) is 0 Å². The molecule has 0 aromatic heterocycles. The quantitative estimate of drug-likeness (QED) is 0.652. The Hall–Kier alpha value is -2.92. The first kappa shape index (κ1) is 21.8. The first-order chi connectivity index (χ1) is 14.3. The minimum Gasteiger partial charge on any atom is -0.478 e. The molecule has 2 atom stereocenters. The summed E-state index contributed by atoms with van der Waals surface area (Å²) in [5.74, 6) is -0.831. The van der Waals surface area contributed by atoms with Crippen molar-refractivity contribution in [3.05, 3.63) is 83.4 Å². The van der Waals surface area contributed by atoms with Gasteiger partial charge < -0.3 is 15.1 Å². The Balaban J connectivity index is 1.63. The van der Waals surface area contributed by atoms with Crippen LogP contribution in [0.15, 0.2) is 66.7 Å². The van der Waals surface area contributed by atoms with Gasteiger partial charge in [-0.1, -0.05) is 68.5 Å². The van der Waals surface area contributed by atoms with Crippen LogP contribution in [-0.4, -0.2) is 45.7 Å². The minimum absolute atomic E-state index is 0.0305. The maximum atomic E-state index is 12.4. The van der Waals surface area contributed by atoms with Gasteiger partial charge in [0.1, 0.15) is 0 Å². The highest BCUT2D eigenvalue weighted by Gasteiger charge is 2.31. The van der Waals surface area contributed by atoms with Gasteiger partial charge in [-0.2, -0.15) is 0 Å². The van der Waals surface area contributed by atoms with Crippen molar-refractivity contribution in [3.8, 4) is 0 Å². The molecule has 5 nitrogen and oxygen atoms in total. The second-order valence-corrected chi connectivity index (χ2v) is 8.36. The van der Waals surface area contributed by atoms with Gasteiger partial charge in [0.25, 0.3) is 0 Å². The molecular weight excluding hydrogens is 378 g/mol. The first-order valence-corrected chi connectivity index (χ1v) is 10.3. The van der Waals surface area contributed by atoms with Crippen LogP contribution in [0, 0.1) is 0 Å².